The highest BCUT2D eigenvalue weighted by atomic mass is 79.9. The number of nitrogens with one attached hydrogen (secondary N) is 1. The average molecular weight is 368 g/mol. The summed E-state index contributed by atoms with van der Waals surface area (Å²) in [4.78, 5) is 4.53. The summed E-state index contributed by atoms with van der Waals surface area (Å²) in [5, 5.41) is 5.16. The van der Waals surface area contributed by atoms with Crippen molar-refractivity contribution in [3.8, 4) is 0 Å². The normalized spacial score (nSPS) is 18.4. The van der Waals surface area contributed by atoms with Crippen LogP contribution in [0.1, 0.15) is 13.8 Å². The van der Waals surface area contributed by atoms with Gasteiger partial charge in [-0.3, -0.25) is 4.99 Å². The van der Waals surface area contributed by atoms with E-state index < -0.39 is 0 Å². The molecule has 0 unspecified atom stereocenters. The highest BCUT2D eigenvalue weighted by Gasteiger charge is 2.23. The van der Waals surface area contributed by atoms with E-state index in [0.717, 1.165) is 27.6 Å². The van der Waals surface area contributed by atoms with E-state index in [4.69, 9.17) is 23.2 Å². The number of hydrogen-bond acceptors (Lipinski definition) is 3. The van der Waals surface area contributed by atoms with Gasteiger partial charge in [0, 0.05) is 16.8 Å². The van der Waals surface area contributed by atoms with Gasteiger partial charge in [0.05, 0.1) is 15.7 Å². The van der Waals surface area contributed by atoms with Gasteiger partial charge in [-0.2, -0.15) is 0 Å². The van der Waals surface area contributed by atoms with Gasteiger partial charge in [-0.25, -0.2) is 0 Å². The lowest BCUT2D eigenvalue weighted by molar-refractivity contribution is 0.438. The van der Waals surface area contributed by atoms with Crippen LogP contribution in [0.2, 0.25) is 10.0 Å². The maximum absolute atomic E-state index is 6.19. The van der Waals surface area contributed by atoms with Crippen LogP contribution < -0.4 is 5.32 Å². The summed E-state index contributed by atoms with van der Waals surface area (Å²) in [6.07, 6.45) is 0. The minimum atomic E-state index is 0.261. The lowest BCUT2D eigenvalue weighted by Crippen LogP contribution is -2.27. The number of anilines is 1. The number of halogens is 3. The molecule has 0 saturated heterocycles. The highest BCUT2D eigenvalue weighted by Crippen LogP contribution is 2.37. The summed E-state index contributed by atoms with van der Waals surface area (Å²) >= 11 is 17.3. The second kappa shape index (κ2) is 5.61. The van der Waals surface area contributed by atoms with Gasteiger partial charge in [0.1, 0.15) is 0 Å². The third kappa shape index (κ3) is 3.35. The van der Waals surface area contributed by atoms with E-state index in [0.29, 0.717) is 10.0 Å². The molecule has 98 valence electrons. The quantitative estimate of drug-likeness (QED) is 0.681. The Morgan fingerprint density at radius 2 is 2.06 bits per heavy atom. The first-order chi connectivity index (χ1) is 8.39. The molecular formula is C12H13BrCl2N2S. The Bertz CT molecular complexity index is 503. The Balaban J connectivity index is 2.16. The van der Waals surface area contributed by atoms with Gasteiger partial charge in [0.2, 0.25) is 0 Å². The Hall–Kier alpha value is 0.1000. The van der Waals surface area contributed by atoms with Crippen LogP contribution in [0.25, 0.3) is 0 Å². The second-order valence-electron chi connectivity index (χ2n) is 4.92. The monoisotopic (exact) mass is 366 g/mol. The highest BCUT2D eigenvalue weighted by molar-refractivity contribution is 9.10. The van der Waals surface area contributed by atoms with Gasteiger partial charge in [-0.15, -0.1) is 0 Å². The first-order valence-corrected chi connectivity index (χ1v) is 8.00. The van der Waals surface area contributed by atoms with Crippen molar-refractivity contribution in [2.45, 2.75) is 13.8 Å². The predicted octanol–water partition coefficient (Wildman–Crippen LogP) is 5.30. The average Bonchev–Trinajstić information content (AvgIpc) is 2.32. The summed E-state index contributed by atoms with van der Waals surface area (Å²) in [6.45, 7) is 5.25. The van der Waals surface area contributed by atoms with Crippen LogP contribution in [0.3, 0.4) is 0 Å². The van der Waals surface area contributed by atoms with Crippen molar-refractivity contribution in [1.29, 1.82) is 0 Å². The molecule has 0 spiro atoms. The molecule has 0 aliphatic carbocycles. The van der Waals surface area contributed by atoms with E-state index in [1.807, 2.05) is 12.1 Å². The Morgan fingerprint density at radius 1 is 1.33 bits per heavy atom. The fourth-order valence-electron chi connectivity index (χ4n) is 1.45. The number of aliphatic imine (C=N–C) groups is 1. The molecule has 18 heavy (non-hydrogen) atoms. The zero-order valence-electron chi connectivity index (χ0n) is 10.1. The van der Waals surface area contributed by atoms with E-state index in [-0.39, 0.29) is 5.41 Å². The van der Waals surface area contributed by atoms with Crippen LogP contribution in [-0.4, -0.2) is 17.5 Å². The second-order valence-corrected chi connectivity index (χ2v) is 7.50. The molecule has 1 aliphatic rings. The number of rotatable bonds is 1. The maximum Gasteiger partial charge on any atom is 0.161 e. The van der Waals surface area contributed by atoms with Gasteiger partial charge in [-0.1, -0.05) is 48.8 Å². The van der Waals surface area contributed by atoms with Crippen LogP contribution in [0, 0.1) is 5.41 Å². The number of amidine groups is 1. The molecule has 0 bridgehead atoms. The molecular weight excluding hydrogens is 355 g/mol. The zero-order valence-corrected chi connectivity index (χ0v) is 14.0. The summed E-state index contributed by atoms with van der Waals surface area (Å²) in [7, 11) is 0. The van der Waals surface area contributed by atoms with Crippen LogP contribution in [-0.2, 0) is 0 Å². The van der Waals surface area contributed by atoms with Crippen LogP contribution in [0.15, 0.2) is 21.6 Å². The van der Waals surface area contributed by atoms with Crippen molar-refractivity contribution in [2.24, 2.45) is 10.4 Å². The third-order valence-electron chi connectivity index (χ3n) is 2.53. The van der Waals surface area contributed by atoms with Crippen molar-refractivity contribution >= 4 is 61.7 Å². The molecule has 0 saturated carbocycles. The van der Waals surface area contributed by atoms with Crippen LogP contribution in [0.5, 0.6) is 0 Å². The number of benzene rings is 1. The first-order valence-electron chi connectivity index (χ1n) is 5.47. The molecule has 0 radical (unpaired) electrons. The third-order valence-corrected chi connectivity index (χ3v) is 5.73. The molecule has 1 heterocycles. The summed E-state index contributed by atoms with van der Waals surface area (Å²) in [5.41, 5.74) is 1.05. The molecule has 2 nitrogen and oxygen atoms in total. The molecule has 0 aromatic heterocycles. The molecule has 6 heteroatoms. The predicted molar refractivity (Wildman–Crippen MR) is 86.3 cm³/mol. The largest absolute Gasteiger partial charge is 0.334 e. The van der Waals surface area contributed by atoms with E-state index in [1.165, 1.54) is 0 Å². The Labute approximate surface area is 130 Å². The molecule has 1 aromatic rings. The maximum atomic E-state index is 6.19. The Kier molecular flexibility index (Phi) is 4.52. The molecule has 0 fully saturated rings. The van der Waals surface area contributed by atoms with Crippen LogP contribution in [0.4, 0.5) is 5.69 Å². The molecule has 2 rings (SSSR count). The van der Waals surface area contributed by atoms with Gasteiger partial charge >= 0.3 is 0 Å². The minimum absolute atomic E-state index is 0.261. The van der Waals surface area contributed by atoms with Gasteiger partial charge < -0.3 is 5.32 Å². The fraction of sp³-hybridized carbons (Fsp3) is 0.417. The summed E-state index contributed by atoms with van der Waals surface area (Å²) in [5.74, 6) is 1.04. The molecule has 0 atom stereocenters. The van der Waals surface area contributed by atoms with Gasteiger partial charge in [-0.05, 0) is 33.5 Å². The topological polar surface area (TPSA) is 24.4 Å². The van der Waals surface area contributed by atoms with E-state index >= 15 is 0 Å². The molecule has 1 aliphatic heterocycles. The van der Waals surface area contributed by atoms with Crippen molar-refractivity contribution < 1.29 is 0 Å². The smallest absolute Gasteiger partial charge is 0.161 e. The van der Waals surface area contributed by atoms with Crippen molar-refractivity contribution in [1.82, 2.24) is 0 Å². The number of thioether (sulfide) groups is 1. The first kappa shape index (κ1) is 14.5. The van der Waals surface area contributed by atoms with E-state index in [1.54, 1.807) is 11.8 Å². The molecule has 0 amide bonds. The zero-order chi connectivity index (χ0) is 13.3. The standard InChI is InChI=1S/C12H13BrCl2N2S/c1-12(2)5-16-11(18-6-12)17-8-4-3-7(13)9(14)10(8)15/h3-4H,5-6H2,1-2H3,(H,16,17). The number of hydrogen-bond donors (Lipinski definition) is 1. The molecule has 1 N–H and O–H groups in total. The fourth-order valence-corrected chi connectivity index (χ4v) is 3.23. The van der Waals surface area contributed by atoms with Crippen LogP contribution >= 0.6 is 50.9 Å². The minimum Gasteiger partial charge on any atom is -0.334 e. The number of nitrogens with zero attached hydrogens (tertiary/aromatic N) is 1. The van der Waals surface area contributed by atoms with E-state index in [2.05, 4.69) is 40.1 Å². The van der Waals surface area contributed by atoms with E-state index in [9.17, 15) is 0 Å². The lowest BCUT2D eigenvalue weighted by atomic mass is 9.97. The molecule has 1 aromatic carbocycles. The van der Waals surface area contributed by atoms with Gasteiger partial charge in [0.15, 0.2) is 5.17 Å². The SMILES string of the molecule is CC1(C)CN=C(Nc2ccc(Br)c(Cl)c2Cl)SC1. The van der Waals surface area contributed by atoms with Crippen molar-refractivity contribution in [3.63, 3.8) is 0 Å². The van der Waals surface area contributed by atoms with Crippen molar-refractivity contribution in [3.05, 3.63) is 26.7 Å². The summed E-state index contributed by atoms with van der Waals surface area (Å²) < 4.78 is 0.791. The summed E-state index contributed by atoms with van der Waals surface area (Å²) in [6, 6.07) is 3.76. The Morgan fingerprint density at radius 3 is 2.67 bits per heavy atom. The lowest BCUT2D eigenvalue weighted by Gasteiger charge is -2.27. The van der Waals surface area contributed by atoms with Gasteiger partial charge in [0.25, 0.3) is 0 Å². The van der Waals surface area contributed by atoms with Crippen molar-refractivity contribution in [2.75, 3.05) is 17.6 Å².